The van der Waals surface area contributed by atoms with E-state index in [0.717, 1.165) is 5.69 Å². The molecule has 196 valence electrons. The summed E-state index contributed by atoms with van der Waals surface area (Å²) in [6.07, 6.45) is -6.42. The highest BCUT2D eigenvalue weighted by molar-refractivity contribution is 5.80. The molecule has 1 aromatic carbocycles. The van der Waals surface area contributed by atoms with Crippen molar-refractivity contribution in [2.45, 2.75) is 69.3 Å². The number of aromatic nitrogens is 1. The molecule has 2 aromatic rings. The van der Waals surface area contributed by atoms with Crippen LogP contribution < -0.4 is 10.6 Å². The maximum atomic E-state index is 13.2. The number of amides is 1. The maximum absolute atomic E-state index is 13.2. The van der Waals surface area contributed by atoms with Gasteiger partial charge in [0.05, 0.1) is 29.8 Å². The third-order valence-corrected chi connectivity index (χ3v) is 6.94. The van der Waals surface area contributed by atoms with Crippen LogP contribution in [0.3, 0.4) is 0 Å². The smallest absolute Gasteiger partial charge is 0.372 e. The van der Waals surface area contributed by atoms with E-state index in [1.54, 1.807) is 6.20 Å². The lowest BCUT2D eigenvalue weighted by Gasteiger charge is -2.39. The normalized spacial score (nSPS) is 26.1. The van der Waals surface area contributed by atoms with Gasteiger partial charge in [0.1, 0.15) is 0 Å². The summed E-state index contributed by atoms with van der Waals surface area (Å²) in [4.78, 5) is 17.1. The average Bonchev–Trinajstić information content (AvgIpc) is 3.09. The molecule has 2 aliphatic rings. The van der Waals surface area contributed by atoms with Crippen LogP contribution in [0, 0.1) is 5.92 Å². The van der Waals surface area contributed by atoms with Crippen molar-refractivity contribution in [2.24, 2.45) is 5.92 Å². The SMILES string of the molecule is CC12CC(C(=O)NCCc3ccccn3)C(CCC1OCc1cc(C(F)(F)F)cc(C(F)(F)F)c1)N2. The second-order valence-corrected chi connectivity index (χ2v) is 9.63. The molecule has 11 heteroatoms. The maximum Gasteiger partial charge on any atom is 0.416 e. The molecule has 2 saturated heterocycles. The van der Waals surface area contributed by atoms with Gasteiger partial charge in [-0.05, 0) is 62.1 Å². The fourth-order valence-electron chi connectivity index (χ4n) is 5.16. The van der Waals surface area contributed by atoms with E-state index in [-0.39, 0.29) is 29.5 Å². The Morgan fingerprint density at radius 1 is 1.11 bits per heavy atom. The fraction of sp³-hybridized carbons (Fsp3) is 0.520. The first-order valence-electron chi connectivity index (χ1n) is 11.7. The van der Waals surface area contributed by atoms with Crippen molar-refractivity contribution in [3.05, 3.63) is 65.0 Å². The van der Waals surface area contributed by atoms with Gasteiger partial charge in [-0.1, -0.05) is 6.07 Å². The molecule has 5 nitrogen and oxygen atoms in total. The Labute approximate surface area is 204 Å². The van der Waals surface area contributed by atoms with Crippen molar-refractivity contribution in [2.75, 3.05) is 6.54 Å². The van der Waals surface area contributed by atoms with Crippen molar-refractivity contribution in [3.8, 4) is 0 Å². The number of rotatable bonds is 7. The second-order valence-electron chi connectivity index (χ2n) is 9.63. The molecule has 36 heavy (non-hydrogen) atoms. The van der Waals surface area contributed by atoms with Crippen LogP contribution in [0.5, 0.6) is 0 Å². The van der Waals surface area contributed by atoms with Gasteiger partial charge in [-0.3, -0.25) is 9.78 Å². The number of halogens is 6. The molecule has 1 amide bonds. The molecule has 4 unspecified atom stereocenters. The van der Waals surface area contributed by atoms with E-state index in [4.69, 9.17) is 4.74 Å². The van der Waals surface area contributed by atoms with Crippen LogP contribution in [0.2, 0.25) is 0 Å². The minimum absolute atomic E-state index is 0.0740. The van der Waals surface area contributed by atoms with Gasteiger partial charge in [0.2, 0.25) is 5.91 Å². The van der Waals surface area contributed by atoms with Crippen molar-refractivity contribution < 1.29 is 35.9 Å². The lowest BCUT2D eigenvalue weighted by Crippen LogP contribution is -2.55. The Hall–Kier alpha value is -2.66. The number of pyridine rings is 1. The summed E-state index contributed by atoms with van der Waals surface area (Å²) in [6, 6.07) is 6.96. The monoisotopic (exact) mass is 515 g/mol. The van der Waals surface area contributed by atoms with Gasteiger partial charge in [-0.2, -0.15) is 26.3 Å². The first-order chi connectivity index (χ1) is 16.8. The molecule has 4 rings (SSSR count). The molecule has 4 atom stereocenters. The number of hydrogen-bond acceptors (Lipinski definition) is 4. The molecule has 0 spiro atoms. The number of ether oxygens (including phenoxy) is 1. The van der Waals surface area contributed by atoms with Crippen molar-refractivity contribution in [3.63, 3.8) is 0 Å². The van der Waals surface area contributed by atoms with E-state index in [9.17, 15) is 31.1 Å². The van der Waals surface area contributed by atoms with E-state index < -0.39 is 41.7 Å². The predicted octanol–water partition coefficient (Wildman–Crippen LogP) is 4.89. The lowest BCUT2D eigenvalue weighted by atomic mass is 9.88. The van der Waals surface area contributed by atoms with Gasteiger partial charge >= 0.3 is 12.4 Å². The number of carbonyl (C=O) groups is 1. The number of piperidine rings is 1. The summed E-state index contributed by atoms with van der Waals surface area (Å²) in [6.45, 7) is 1.91. The molecule has 2 N–H and O–H groups in total. The minimum Gasteiger partial charge on any atom is -0.372 e. The number of benzene rings is 1. The third-order valence-electron chi connectivity index (χ3n) is 6.94. The van der Waals surface area contributed by atoms with Crippen LogP contribution in [0.15, 0.2) is 42.6 Å². The molecule has 1 aromatic heterocycles. The molecular weight excluding hydrogens is 488 g/mol. The molecule has 2 aliphatic heterocycles. The van der Waals surface area contributed by atoms with Gasteiger partial charge in [0, 0.05) is 36.4 Å². The lowest BCUT2D eigenvalue weighted by molar-refractivity contribution is -0.143. The quantitative estimate of drug-likeness (QED) is 0.516. The second kappa shape index (κ2) is 10.0. The van der Waals surface area contributed by atoms with Gasteiger partial charge in [-0.15, -0.1) is 0 Å². The van der Waals surface area contributed by atoms with Crippen LogP contribution in [0.25, 0.3) is 0 Å². The molecular formula is C25H27F6N3O2. The largest absolute Gasteiger partial charge is 0.416 e. The zero-order valence-electron chi connectivity index (χ0n) is 19.5. The zero-order chi connectivity index (χ0) is 26.1. The van der Waals surface area contributed by atoms with E-state index in [0.29, 0.717) is 44.4 Å². The number of alkyl halides is 6. The highest BCUT2D eigenvalue weighted by Gasteiger charge is 2.52. The highest BCUT2D eigenvalue weighted by atomic mass is 19.4. The first kappa shape index (κ1) is 26.4. The van der Waals surface area contributed by atoms with Crippen molar-refractivity contribution in [1.82, 2.24) is 15.6 Å². The predicted molar refractivity (Wildman–Crippen MR) is 119 cm³/mol. The summed E-state index contributed by atoms with van der Waals surface area (Å²) in [5.74, 6) is -0.404. The Kier molecular flexibility index (Phi) is 7.34. The average molecular weight is 515 g/mol. The number of nitrogens with zero attached hydrogens (tertiary/aromatic N) is 1. The van der Waals surface area contributed by atoms with Gasteiger partial charge in [-0.25, -0.2) is 0 Å². The van der Waals surface area contributed by atoms with Crippen molar-refractivity contribution in [1.29, 1.82) is 0 Å². The minimum atomic E-state index is -4.91. The van der Waals surface area contributed by atoms with Gasteiger partial charge in [0.15, 0.2) is 0 Å². The van der Waals surface area contributed by atoms with Crippen LogP contribution in [-0.4, -0.2) is 35.1 Å². The molecule has 2 fully saturated rings. The van der Waals surface area contributed by atoms with E-state index in [2.05, 4.69) is 15.6 Å². The Balaban J connectivity index is 1.38. The summed E-state index contributed by atoms with van der Waals surface area (Å²) in [5, 5.41) is 6.35. The number of fused-ring (bicyclic) bond motifs is 2. The summed E-state index contributed by atoms with van der Waals surface area (Å²) < 4.78 is 84.8. The van der Waals surface area contributed by atoms with Crippen LogP contribution in [0.1, 0.15) is 48.6 Å². The molecule has 0 aliphatic carbocycles. The topological polar surface area (TPSA) is 63.2 Å². The van der Waals surface area contributed by atoms with E-state index in [1.807, 2.05) is 25.1 Å². The summed E-state index contributed by atoms with van der Waals surface area (Å²) in [5.41, 5.74) is -2.70. The van der Waals surface area contributed by atoms with Gasteiger partial charge in [0.25, 0.3) is 0 Å². The van der Waals surface area contributed by atoms with E-state index >= 15 is 0 Å². The summed E-state index contributed by atoms with van der Waals surface area (Å²) in [7, 11) is 0. The fourth-order valence-corrected chi connectivity index (χ4v) is 5.16. The number of hydrogen-bond donors (Lipinski definition) is 2. The summed E-state index contributed by atoms with van der Waals surface area (Å²) >= 11 is 0. The molecule has 2 bridgehead atoms. The molecule has 0 saturated carbocycles. The highest BCUT2D eigenvalue weighted by Crippen LogP contribution is 2.42. The zero-order valence-corrected chi connectivity index (χ0v) is 19.5. The Morgan fingerprint density at radius 3 is 2.42 bits per heavy atom. The first-order valence-corrected chi connectivity index (χ1v) is 11.7. The van der Waals surface area contributed by atoms with Crippen LogP contribution in [0.4, 0.5) is 26.3 Å². The molecule has 0 radical (unpaired) electrons. The molecule has 3 heterocycles. The third kappa shape index (κ3) is 6.00. The van der Waals surface area contributed by atoms with Crippen LogP contribution >= 0.6 is 0 Å². The van der Waals surface area contributed by atoms with Crippen molar-refractivity contribution >= 4 is 5.91 Å². The Bertz CT molecular complexity index is 1040. The Morgan fingerprint density at radius 2 is 1.81 bits per heavy atom. The van der Waals surface area contributed by atoms with Gasteiger partial charge < -0.3 is 15.4 Å². The number of carbonyl (C=O) groups excluding carboxylic acids is 1. The standard InChI is InChI=1S/C25H27F6N3O2/c1-23-13-19(22(35)33-9-7-18-4-2-3-8-32-18)20(34-23)5-6-21(23)36-14-15-10-16(24(26,27)28)12-17(11-15)25(29,30)31/h2-4,8,10-12,19-21,34H,5-7,9,13-14H2,1H3,(H,33,35). The number of nitrogens with one attached hydrogen (secondary N) is 2. The van der Waals surface area contributed by atoms with E-state index in [1.165, 1.54) is 0 Å². The van der Waals surface area contributed by atoms with Crippen LogP contribution in [-0.2, 0) is 34.9 Å².